The third-order valence-electron chi connectivity index (χ3n) is 4.30. The molecule has 1 aliphatic heterocycles. The van der Waals surface area contributed by atoms with E-state index in [1.54, 1.807) is 0 Å². The monoisotopic (exact) mass is 300 g/mol. The van der Waals surface area contributed by atoms with Gasteiger partial charge in [0.15, 0.2) is 0 Å². The molecule has 0 aromatic carbocycles. The fourth-order valence-corrected chi connectivity index (χ4v) is 3.16. The SMILES string of the molecule is CCCNC(CC)(CCCN1C[C@@H](C)O[C@@H](C)C1)C(=O)O. The Labute approximate surface area is 129 Å². The molecule has 5 heteroatoms. The zero-order valence-corrected chi connectivity index (χ0v) is 14.0. The average Bonchev–Trinajstić information content (AvgIpc) is 2.41. The van der Waals surface area contributed by atoms with Gasteiger partial charge in [0, 0.05) is 13.1 Å². The van der Waals surface area contributed by atoms with Crippen molar-refractivity contribution in [2.45, 2.75) is 71.1 Å². The molecular weight excluding hydrogens is 268 g/mol. The van der Waals surface area contributed by atoms with Gasteiger partial charge in [0.25, 0.3) is 0 Å². The van der Waals surface area contributed by atoms with Crippen LogP contribution in [0.15, 0.2) is 0 Å². The molecule has 5 nitrogen and oxygen atoms in total. The molecule has 1 saturated heterocycles. The second kappa shape index (κ2) is 8.71. The van der Waals surface area contributed by atoms with Crippen LogP contribution < -0.4 is 5.32 Å². The highest BCUT2D eigenvalue weighted by molar-refractivity contribution is 5.78. The third-order valence-corrected chi connectivity index (χ3v) is 4.30. The number of nitrogens with one attached hydrogen (secondary N) is 1. The molecule has 0 amide bonds. The maximum atomic E-state index is 11.6. The Morgan fingerprint density at radius 2 is 1.95 bits per heavy atom. The fourth-order valence-electron chi connectivity index (χ4n) is 3.16. The minimum Gasteiger partial charge on any atom is -0.480 e. The number of carboxylic acid groups (broad SMARTS) is 1. The summed E-state index contributed by atoms with van der Waals surface area (Å²) in [4.78, 5) is 14.0. The lowest BCUT2D eigenvalue weighted by Crippen LogP contribution is -2.52. The van der Waals surface area contributed by atoms with E-state index in [4.69, 9.17) is 4.74 Å². The lowest BCUT2D eigenvalue weighted by atomic mass is 9.90. The number of hydrogen-bond acceptors (Lipinski definition) is 4. The molecule has 0 saturated carbocycles. The van der Waals surface area contributed by atoms with Gasteiger partial charge in [-0.1, -0.05) is 13.8 Å². The van der Waals surface area contributed by atoms with Crippen LogP contribution >= 0.6 is 0 Å². The van der Waals surface area contributed by atoms with Crippen molar-refractivity contribution in [2.24, 2.45) is 0 Å². The quantitative estimate of drug-likeness (QED) is 0.683. The maximum absolute atomic E-state index is 11.6. The van der Waals surface area contributed by atoms with Crippen molar-refractivity contribution in [1.29, 1.82) is 0 Å². The standard InChI is InChI=1S/C16H32N2O3/c1-5-9-17-16(6-2,15(19)20)8-7-10-18-11-13(3)21-14(4)12-18/h13-14,17H,5-12H2,1-4H3,(H,19,20)/t13-,14+,16?. The molecule has 21 heavy (non-hydrogen) atoms. The molecular formula is C16H32N2O3. The van der Waals surface area contributed by atoms with E-state index in [9.17, 15) is 9.90 Å². The molecule has 3 atom stereocenters. The van der Waals surface area contributed by atoms with Gasteiger partial charge in [-0.15, -0.1) is 0 Å². The lowest BCUT2D eigenvalue weighted by molar-refractivity contribution is -0.145. The third kappa shape index (κ3) is 5.57. The molecule has 1 rings (SSSR count). The summed E-state index contributed by atoms with van der Waals surface area (Å²) in [6.07, 6.45) is 3.69. The second-order valence-corrected chi connectivity index (χ2v) is 6.29. The van der Waals surface area contributed by atoms with Crippen LogP contribution in [0.3, 0.4) is 0 Å². The number of nitrogens with zero attached hydrogens (tertiary/aromatic N) is 1. The van der Waals surface area contributed by atoms with Crippen molar-refractivity contribution >= 4 is 5.97 Å². The highest BCUT2D eigenvalue weighted by Gasteiger charge is 2.35. The van der Waals surface area contributed by atoms with Gasteiger partial charge in [0.2, 0.25) is 0 Å². The summed E-state index contributed by atoms with van der Waals surface area (Å²) in [5, 5.41) is 12.8. The van der Waals surface area contributed by atoms with Crippen molar-refractivity contribution in [2.75, 3.05) is 26.2 Å². The van der Waals surface area contributed by atoms with Gasteiger partial charge in [0.1, 0.15) is 5.54 Å². The first kappa shape index (κ1) is 18.4. The topological polar surface area (TPSA) is 61.8 Å². The summed E-state index contributed by atoms with van der Waals surface area (Å²) in [6.45, 7) is 11.8. The Bertz CT molecular complexity index is 315. The van der Waals surface area contributed by atoms with Crippen LogP contribution in [0.25, 0.3) is 0 Å². The highest BCUT2D eigenvalue weighted by Crippen LogP contribution is 2.20. The zero-order chi connectivity index (χ0) is 15.9. The molecule has 1 aliphatic rings. The lowest BCUT2D eigenvalue weighted by Gasteiger charge is -2.36. The number of rotatable bonds is 9. The summed E-state index contributed by atoms with van der Waals surface area (Å²) in [7, 11) is 0. The smallest absolute Gasteiger partial charge is 0.323 e. The van der Waals surface area contributed by atoms with E-state index >= 15 is 0 Å². The van der Waals surface area contributed by atoms with E-state index in [2.05, 4.69) is 31.0 Å². The van der Waals surface area contributed by atoms with Crippen LogP contribution in [0.4, 0.5) is 0 Å². The molecule has 0 aromatic heterocycles. The number of carboxylic acids is 1. The van der Waals surface area contributed by atoms with Crippen molar-refractivity contribution in [1.82, 2.24) is 10.2 Å². The molecule has 124 valence electrons. The minimum atomic E-state index is -0.764. The van der Waals surface area contributed by atoms with Crippen LogP contribution in [0.5, 0.6) is 0 Å². The zero-order valence-electron chi connectivity index (χ0n) is 14.0. The average molecular weight is 300 g/mol. The van der Waals surface area contributed by atoms with Gasteiger partial charge >= 0.3 is 5.97 Å². The van der Waals surface area contributed by atoms with Gasteiger partial charge in [0.05, 0.1) is 12.2 Å². The van der Waals surface area contributed by atoms with E-state index in [0.29, 0.717) is 12.8 Å². The molecule has 1 fully saturated rings. The van der Waals surface area contributed by atoms with Crippen molar-refractivity contribution in [3.05, 3.63) is 0 Å². The van der Waals surface area contributed by atoms with E-state index in [1.807, 2.05) is 6.92 Å². The fraction of sp³-hybridized carbons (Fsp3) is 0.938. The van der Waals surface area contributed by atoms with Gasteiger partial charge < -0.3 is 15.2 Å². The first-order valence-electron chi connectivity index (χ1n) is 8.29. The molecule has 0 aliphatic carbocycles. The first-order valence-corrected chi connectivity index (χ1v) is 8.29. The Balaban J connectivity index is 2.47. The number of aliphatic carboxylic acids is 1. The molecule has 1 heterocycles. The van der Waals surface area contributed by atoms with Gasteiger partial charge in [-0.25, -0.2) is 0 Å². The molecule has 2 N–H and O–H groups in total. The largest absolute Gasteiger partial charge is 0.480 e. The highest BCUT2D eigenvalue weighted by atomic mass is 16.5. The molecule has 0 aromatic rings. The summed E-state index contributed by atoms with van der Waals surface area (Å²) >= 11 is 0. The summed E-state index contributed by atoms with van der Waals surface area (Å²) in [5.41, 5.74) is -0.764. The molecule has 0 bridgehead atoms. The summed E-state index contributed by atoms with van der Waals surface area (Å²) in [6, 6.07) is 0. The number of carbonyl (C=O) groups is 1. The number of hydrogen-bond donors (Lipinski definition) is 2. The van der Waals surface area contributed by atoms with E-state index < -0.39 is 11.5 Å². The molecule has 0 spiro atoms. The second-order valence-electron chi connectivity index (χ2n) is 6.29. The number of morpholine rings is 1. The van der Waals surface area contributed by atoms with Crippen LogP contribution in [-0.2, 0) is 9.53 Å². The Hall–Kier alpha value is -0.650. The van der Waals surface area contributed by atoms with Crippen molar-refractivity contribution in [3.8, 4) is 0 Å². The van der Waals surface area contributed by atoms with Gasteiger partial charge in [-0.3, -0.25) is 9.69 Å². The number of ether oxygens (including phenoxy) is 1. The van der Waals surface area contributed by atoms with E-state index in [1.165, 1.54) is 0 Å². The Morgan fingerprint density at radius 3 is 2.43 bits per heavy atom. The van der Waals surface area contributed by atoms with Crippen LogP contribution in [-0.4, -0.2) is 59.9 Å². The molecule has 0 radical (unpaired) electrons. The van der Waals surface area contributed by atoms with Crippen LogP contribution in [0.2, 0.25) is 0 Å². The van der Waals surface area contributed by atoms with Gasteiger partial charge in [-0.05, 0) is 52.6 Å². The normalized spacial score (nSPS) is 26.5. The summed E-state index contributed by atoms with van der Waals surface area (Å²) in [5.74, 6) is -0.720. The Kier molecular flexibility index (Phi) is 7.63. The Morgan fingerprint density at radius 1 is 1.33 bits per heavy atom. The minimum absolute atomic E-state index is 0.266. The maximum Gasteiger partial charge on any atom is 0.323 e. The summed E-state index contributed by atoms with van der Waals surface area (Å²) < 4.78 is 5.73. The van der Waals surface area contributed by atoms with Crippen molar-refractivity contribution < 1.29 is 14.6 Å². The van der Waals surface area contributed by atoms with E-state index in [-0.39, 0.29) is 12.2 Å². The predicted octanol–water partition coefficient (Wildman–Crippen LogP) is 2.11. The van der Waals surface area contributed by atoms with E-state index in [0.717, 1.165) is 39.0 Å². The van der Waals surface area contributed by atoms with Gasteiger partial charge in [-0.2, -0.15) is 0 Å². The first-order chi connectivity index (χ1) is 9.93. The van der Waals surface area contributed by atoms with Crippen LogP contribution in [0, 0.1) is 0 Å². The van der Waals surface area contributed by atoms with Crippen molar-refractivity contribution in [3.63, 3.8) is 0 Å². The van der Waals surface area contributed by atoms with Crippen LogP contribution in [0.1, 0.15) is 53.4 Å². The molecule has 1 unspecified atom stereocenters. The predicted molar refractivity (Wildman–Crippen MR) is 84.6 cm³/mol.